The summed E-state index contributed by atoms with van der Waals surface area (Å²) in [6.45, 7) is -0.156. The Bertz CT molecular complexity index is 804. The molecule has 0 radical (unpaired) electrons. The molecule has 7 heteroatoms. The summed E-state index contributed by atoms with van der Waals surface area (Å²) in [5, 5.41) is 8.35. The minimum Gasteiger partial charge on any atom is -0.385 e. The van der Waals surface area contributed by atoms with Gasteiger partial charge in [0.15, 0.2) is 6.61 Å². The average molecular weight is 317 g/mol. The molecule has 1 amide bonds. The summed E-state index contributed by atoms with van der Waals surface area (Å²) in [6.07, 6.45) is 0. The Kier molecular flexibility index (Phi) is 3.93. The number of nitrogens with zero attached hydrogens (tertiary/aromatic N) is 4. The highest BCUT2D eigenvalue weighted by Gasteiger charge is 2.13. The molecule has 22 heavy (non-hydrogen) atoms. The molecule has 0 bridgehead atoms. The molecule has 0 aliphatic rings. The summed E-state index contributed by atoms with van der Waals surface area (Å²) in [5.41, 5.74) is 2.05. The fourth-order valence-electron chi connectivity index (χ4n) is 1.98. The maximum Gasteiger partial charge on any atom is 0.267 e. The van der Waals surface area contributed by atoms with Gasteiger partial charge in [-0.1, -0.05) is 34.6 Å². The first-order chi connectivity index (χ1) is 10.6. The van der Waals surface area contributed by atoms with Gasteiger partial charge in [0.25, 0.3) is 5.91 Å². The summed E-state index contributed by atoms with van der Waals surface area (Å²) in [4.78, 5) is 20.3. The van der Waals surface area contributed by atoms with E-state index in [2.05, 4.69) is 10.3 Å². The lowest BCUT2D eigenvalue weighted by Gasteiger charge is -2.17. The highest BCUT2D eigenvalue weighted by atomic mass is 35.5. The maximum absolute atomic E-state index is 12.2. The van der Waals surface area contributed by atoms with Gasteiger partial charge >= 0.3 is 0 Å². The third kappa shape index (κ3) is 2.87. The van der Waals surface area contributed by atoms with Crippen LogP contribution in [0.3, 0.4) is 0 Å². The number of hydrogen-bond acceptors (Lipinski definition) is 4. The number of halogens is 1. The summed E-state index contributed by atoms with van der Waals surface area (Å²) in [6, 6.07) is 14.5. The molecular formula is C15H13ClN4O2. The van der Waals surface area contributed by atoms with E-state index in [1.54, 1.807) is 25.2 Å². The van der Waals surface area contributed by atoms with Crippen molar-refractivity contribution in [2.75, 3.05) is 18.6 Å². The standard InChI is InChI=1S/C15H13ClN4O2/c1-19(12-5-3-2-4-6-12)15(21)10-22-20-14-9-11(16)7-8-13(14)17-18-20/h2-9H,10H2,1H3. The van der Waals surface area contributed by atoms with E-state index in [0.717, 1.165) is 5.69 Å². The Morgan fingerprint density at radius 2 is 2.05 bits per heavy atom. The van der Waals surface area contributed by atoms with E-state index in [-0.39, 0.29) is 12.5 Å². The molecule has 6 nitrogen and oxygen atoms in total. The zero-order chi connectivity index (χ0) is 15.5. The molecule has 1 heterocycles. The van der Waals surface area contributed by atoms with Crippen LogP contribution in [0.15, 0.2) is 48.5 Å². The molecule has 0 saturated carbocycles. The van der Waals surface area contributed by atoms with Crippen LogP contribution < -0.4 is 9.74 Å². The topological polar surface area (TPSA) is 60.2 Å². The Hall–Kier alpha value is -2.60. The predicted molar refractivity (Wildman–Crippen MR) is 83.8 cm³/mol. The van der Waals surface area contributed by atoms with Crippen molar-refractivity contribution in [2.45, 2.75) is 0 Å². The number of para-hydroxylation sites is 1. The maximum atomic E-state index is 12.2. The number of benzene rings is 2. The number of anilines is 1. The predicted octanol–water partition coefficient (Wildman–Crippen LogP) is 2.18. The lowest BCUT2D eigenvalue weighted by atomic mass is 10.3. The van der Waals surface area contributed by atoms with Gasteiger partial charge in [0.2, 0.25) is 0 Å². The molecule has 1 aromatic heterocycles. The Balaban J connectivity index is 1.71. The number of carbonyl (C=O) groups excluding carboxylic acids is 1. The van der Waals surface area contributed by atoms with Crippen LogP contribution in [0.2, 0.25) is 5.02 Å². The van der Waals surface area contributed by atoms with Crippen LogP contribution in [0, 0.1) is 0 Å². The molecule has 0 saturated heterocycles. The van der Waals surface area contributed by atoms with Crippen LogP contribution in [-0.2, 0) is 4.79 Å². The number of rotatable bonds is 4. The number of likely N-dealkylation sites (N-methyl/N-ethyl adjacent to an activating group) is 1. The Labute approximate surface area is 131 Å². The number of amides is 1. The van der Waals surface area contributed by atoms with Crippen molar-refractivity contribution >= 4 is 34.2 Å². The quantitative estimate of drug-likeness (QED) is 0.740. The first-order valence-electron chi connectivity index (χ1n) is 6.61. The van der Waals surface area contributed by atoms with Crippen LogP contribution in [0.5, 0.6) is 0 Å². The van der Waals surface area contributed by atoms with Gasteiger partial charge in [-0.05, 0) is 35.5 Å². The Morgan fingerprint density at radius 1 is 1.27 bits per heavy atom. The molecule has 0 spiro atoms. The molecule has 0 fully saturated rings. The van der Waals surface area contributed by atoms with Crippen LogP contribution in [0.25, 0.3) is 11.0 Å². The minimum absolute atomic E-state index is 0.156. The van der Waals surface area contributed by atoms with Gasteiger partial charge in [0.1, 0.15) is 11.0 Å². The monoisotopic (exact) mass is 316 g/mol. The van der Waals surface area contributed by atoms with Gasteiger partial charge in [-0.3, -0.25) is 4.79 Å². The van der Waals surface area contributed by atoms with E-state index in [4.69, 9.17) is 16.4 Å². The van der Waals surface area contributed by atoms with E-state index < -0.39 is 0 Å². The second kappa shape index (κ2) is 6.03. The third-order valence-corrected chi connectivity index (χ3v) is 3.44. The van der Waals surface area contributed by atoms with Gasteiger partial charge in [-0.15, -0.1) is 5.10 Å². The molecule has 0 unspecified atom stereocenters. The van der Waals surface area contributed by atoms with Crippen molar-refractivity contribution < 1.29 is 9.63 Å². The smallest absolute Gasteiger partial charge is 0.267 e. The second-order valence-electron chi connectivity index (χ2n) is 4.66. The first-order valence-corrected chi connectivity index (χ1v) is 6.99. The Morgan fingerprint density at radius 3 is 2.82 bits per heavy atom. The highest BCUT2D eigenvalue weighted by Crippen LogP contribution is 2.16. The van der Waals surface area contributed by atoms with E-state index in [1.807, 2.05) is 30.3 Å². The highest BCUT2D eigenvalue weighted by molar-refractivity contribution is 6.31. The molecule has 112 valence electrons. The zero-order valence-corrected chi connectivity index (χ0v) is 12.6. The molecule has 0 aliphatic carbocycles. The molecule has 3 aromatic rings. The van der Waals surface area contributed by atoms with Gasteiger partial charge in [-0.2, -0.15) is 0 Å². The van der Waals surface area contributed by atoms with Gasteiger partial charge in [-0.25, -0.2) is 0 Å². The molecule has 0 atom stereocenters. The van der Waals surface area contributed by atoms with Crippen molar-refractivity contribution in [3.05, 3.63) is 53.6 Å². The van der Waals surface area contributed by atoms with Crippen LogP contribution in [0.4, 0.5) is 5.69 Å². The van der Waals surface area contributed by atoms with E-state index in [0.29, 0.717) is 16.1 Å². The van der Waals surface area contributed by atoms with Gasteiger partial charge < -0.3 is 9.74 Å². The van der Waals surface area contributed by atoms with E-state index in [9.17, 15) is 4.79 Å². The lowest BCUT2D eigenvalue weighted by Crippen LogP contribution is -2.33. The lowest BCUT2D eigenvalue weighted by molar-refractivity contribution is -0.123. The van der Waals surface area contributed by atoms with Crippen LogP contribution in [0.1, 0.15) is 0 Å². The van der Waals surface area contributed by atoms with Crippen LogP contribution >= 0.6 is 11.6 Å². The number of aromatic nitrogens is 3. The largest absolute Gasteiger partial charge is 0.385 e. The first kappa shape index (κ1) is 14.3. The van der Waals surface area contributed by atoms with Crippen molar-refractivity contribution in [1.82, 2.24) is 15.2 Å². The second-order valence-corrected chi connectivity index (χ2v) is 5.09. The normalized spacial score (nSPS) is 10.6. The van der Waals surface area contributed by atoms with Crippen molar-refractivity contribution in [1.29, 1.82) is 0 Å². The van der Waals surface area contributed by atoms with Crippen molar-refractivity contribution in [2.24, 2.45) is 0 Å². The third-order valence-electron chi connectivity index (χ3n) is 3.21. The number of hydrogen-bond donors (Lipinski definition) is 0. The summed E-state index contributed by atoms with van der Waals surface area (Å²) < 4.78 is 0. The van der Waals surface area contributed by atoms with Gasteiger partial charge in [0, 0.05) is 17.8 Å². The average Bonchev–Trinajstić information content (AvgIpc) is 2.95. The van der Waals surface area contributed by atoms with Crippen molar-refractivity contribution in [3.8, 4) is 0 Å². The van der Waals surface area contributed by atoms with Gasteiger partial charge in [0.05, 0.1) is 0 Å². The summed E-state index contributed by atoms with van der Waals surface area (Å²) >= 11 is 5.94. The fourth-order valence-corrected chi connectivity index (χ4v) is 2.14. The van der Waals surface area contributed by atoms with E-state index >= 15 is 0 Å². The zero-order valence-electron chi connectivity index (χ0n) is 11.8. The van der Waals surface area contributed by atoms with Crippen molar-refractivity contribution in [3.63, 3.8) is 0 Å². The summed E-state index contributed by atoms with van der Waals surface area (Å²) in [7, 11) is 1.69. The van der Waals surface area contributed by atoms with Crippen LogP contribution in [-0.4, -0.2) is 34.7 Å². The SMILES string of the molecule is CN(C(=O)COn1nnc2ccc(Cl)cc21)c1ccccc1. The molecular weight excluding hydrogens is 304 g/mol. The molecule has 0 N–H and O–H groups in total. The fraction of sp³-hybridized carbons (Fsp3) is 0.133. The number of fused-ring (bicyclic) bond motifs is 1. The molecule has 3 rings (SSSR count). The molecule has 2 aromatic carbocycles. The molecule has 0 aliphatic heterocycles. The minimum atomic E-state index is -0.197. The number of carbonyl (C=O) groups is 1. The van der Waals surface area contributed by atoms with E-state index in [1.165, 1.54) is 9.75 Å². The summed E-state index contributed by atoms with van der Waals surface area (Å²) in [5.74, 6) is -0.197.